The van der Waals surface area contributed by atoms with Crippen LogP contribution in [0.1, 0.15) is 16.8 Å². The molecular formula is C17H15FN4S. The number of aromatic nitrogens is 3. The van der Waals surface area contributed by atoms with Crippen LogP contribution in [0, 0.1) is 19.7 Å². The summed E-state index contributed by atoms with van der Waals surface area (Å²) in [5.41, 5.74) is 4.26. The fourth-order valence-electron chi connectivity index (χ4n) is 2.79. The molecule has 3 aromatic heterocycles. The van der Waals surface area contributed by atoms with Crippen molar-refractivity contribution in [1.29, 1.82) is 0 Å². The van der Waals surface area contributed by atoms with Gasteiger partial charge in [-0.2, -0.15) is 5.10 Å². The van der Waals surface area contributed by atoms with Crippen LogP contribution in [0.4, 0.5) is 10.2 Å². The Labute approximate surface area is 136 Å². The first kappa shape index (κ1) is 14.1. The molecule has 0 bridgehead atoms. The Bertz CT molecular complexity index is 1000. The molecule has 0 radical (unpaired) electrons. The number of nitrogens with one attached hydrogen (secondary N) is 2. The van der Waals surface area contributed by atoms with E-state index in [1.807, 2.05) is 6.92 Å². The molecule has 0 saturated carbocycles. The molecule has 4 nitrogen and oxygen atoms in total. The van der Waals surface area contributed by atoms with Crippen molar-refractivity contribution >= 4 is 37.6 Å². The summed E-state index contributed by atoms with van der Waals surface area (Å²) in [5.74, 6) is 0.585. The number of anilines is 1. The van der Waals surface area contributed by atoms with Gasteiger partial charge in [-0.3, -0.25) is 5.10 Å². The van der Waals surface area contributed by atoms with Gasteiger partial charge >= 0.3 is 0 Å². The monoisotopic (exact) mass is 326 g/mol. The summed E-state index contributed by atoms with van der Waals surface area (Å²) in [7, 11) is 0. The number of aryl methyl sites for hydroxylation is 2. The molecule has 0 saturated heterocycles. The van der Waals surface area contributed by atoms with Gasteiger partial charge in [-0.25, -0.2) is 9.37 Å². The zero-order valence-corrected chi connectivity index (χ0v) is 13.6. The lowest BCUT2D eigenvalue weighted by Crippen LogP contribution is -1.99. The number of pyridine rings is 1. The van der Waals surface area contributed by atoms with Crippen LogP contribution in [-0.2, 0) is 6.54 Å². The minimum atomic E-state index is -0.225. The van der Waals surface area contributed by atoms with Crippen molar-refractivity contribution in [3.05, 3.63) is 53.0 Å². The lowest BCUT2D eigenvalue weighted by Gasteiger charge is -2.02. The number of H-pyrrole nitrogens is 1. The Kier molecular flexibility index (Phi) is 3.27. The highest BCUT2D eigenvalue weighted by atomic mass is 32.1. The zero-order valence-electron chi connectivity index (χ0n) is 12.8. The molecule has 2 N–H and O–H groups in total. The largest absolute Gasteiger partial charge is 0.363 e. The summed E-state index contributed by atoms with van der Waals surface area (Å²) in [6, 6.07) is 8.55. The second-order valence-corrected chi connectivity index (χ2v) is 6.62. The maximum absolute atomic E-state index is 13.0. The van der Waals surface area contributed by atoms with Crippen LogP contribution in [0.3, 0.4) is 0 Å². The van der Waals surface area contributed by atoms with E-state index in [4.69, 9.17) is 0 Å². The van der Waals surface area contributed by atoms with E-state index in [1.165, 1.54) is 17.7 Å². The van der Waals surface area contributed by atoms with Crippen LogP contribution in [0.15, 0.2) is 30.3 Å². The van der Waals surface area contributed by atoms with E-state index < -0.39 is 0 Å². The number of fused-ring (bicyclic) bond motifs is 3. The van der Waals surface area contributed by atoms with Crippen molar-refractivity contribution in [2.75, 3.05) is 5.32 Å². The minimum absolute atomic E-state index is 0.225. The average Bonchev–Trinajstić information content (AvgIpc) is 3.05. The molecule has 0 aliphatic carbocycles. The van der Waals surface area contributed by atoms with E-state index in [1.54, 1.807) is 23.5 Å². The van der Waals surface area contributed by atoms with E-state index in [0.29, 0.717) is 6.54 Å². The molecule has 6 heteroatoms. The molecule has 4 rings (SSSR count). The topological polar surface area (TPSA) is 53.6 Å². The third-order valence-electron chi connectivity index (χ3n) is 3.86. The van der Waals surface area contributed by atoms with Gasteiger partial charge in [0.25, 0.3) is 0 Å². The SMILES string of the molecule is Cc1cc(C)c2c(n1)sc1c(NCc3ccc(F)cc3)n[nH]c12. The quantitative estimate of drug-likeness (QED) is 0.581. The predicted molar refractivity (Wildman–Crippen MR) is 92.5 cm³/mol. The number of benzene rings is 1. The first-order chi connectivity index (χ1) is 11.1. The maximum Gasteiger partial charge on any atom is 0.166 e. The number of halogens is 1. The van der Waals surface area contributed by atoms with E-state index in [2.05, 4.69) is 33.5 Å². The maximum atomic E-state index is 13.0. The highest BCUT2D eigenvalue weighted by molar-refractivity contribution is 7.26. The molecule has 3 heterocycles. The van der Waals surface area contributed by atoms with Crippen LogP contribution < -0.4 is 5.32 Å². The van der Waals surface area contributed by atoms with Crippen LogP contribution in [0.25, 0.3) is 20.4 Å². The number of thiophene rings is 1. The Morgan fingerprint density at radius 1 is 1.22 bits per heavy atom. The van der Waals surface area contributed by atoms with Gasteiger partial charge in [0.1, 0.15) is 10.6 Å². The van der Waals surface area contributed by atoms with Gasteiger partial charge in [-0.1, -0.05) is 12.1 Å². The lowest BCUT2D eigenvalue weighted by molar-refractivity contribution is 0.627. The molecule has 116 valence electrons. The number of hydrogen-bond acceptors (Lipinski definition) is 4. The summed E-state index contributed by atoms with van der Waals surface area (Å²) < 4.78 is 14.0. The Morgan fingerprint density at radius 2 is 2.00 bits per heavy atom. The number of nitrogens with zero attached hydrogens (tertiary/aromatic N) is 2. The van der Waals surface area contributed by atoms with Crippen molar-refractivity contribution in [2.24, 2.45) is 0 Å². The molecule has 0 aliphatic heterocycles. The van der Waals surface area contributed by atoms with Gasteiger partial charge in [0, 0.05) is 17.6 Å². The summed E-state index contributed by atoms with van der Waals surface area (Å²) >= 11 is 1.63. The number of rotatable bonds is 3. The summed E-state index contributed by atoms with van der Waals surface area (Å²) in [6.07, 6.45) is 0. The van der Waals surface area contributed by atoms with Gasteiger partial charge < -0.3 is 5.32 Å². The first-order valence-electron chi connectivity index (χ1n) is 7.35. The van der Waals surface area contributed by atoms with Gasteiger partial charge in [-0.15, -0.1) is 11.3 Å². The van der Waals surface area contributed by atoms with Crippen LogP contribution in [0.2, 0.25) is 0 Å². The highest BCUT2D eigenvalue weighted by Gasteiger charge is 2.15. The summed E-state index contributed by atoms with van der Waals surface area (Å²) in [6.45, 7) is 4.70. The molecular weight excluding hydrogens is 311 g/mol. The molecule has 0 atom stereocenters. The lowest BCUT2D eigenvalue weighted by atomic mass is 10.1. The molecule has 23 heavy (non-hydrogen) atoms. The van der Waals surface area contributed by atoms with Gasteiger partial charge in [-0.05, 0) is 43.2 Å². The predicted octanol–water partition coefficient (Wildman–Crippen LogP) is 4.54. The molecule has 1 aromatic carbocycles. The van der Waals surface area contributed by atoms with E-state index in [0.717, 1.165) is 37.5 Å². The molecule has 0 fully saturated rings. The third-order valence-corrected chi connectivity index (χ3v) is 4.95. The van der Waals surface area contributed by atoms with Crippen LogP contribution in [0.5, 0.6) is 0 Å². The van der Waals surface area contributed by atoms with Crippen molar-refractivity contribution in [1.82, 2.24) is 15.2 Å². The van der Waals surface area contributed by atoms with Gasteiger partial charge in [0.05, 0.1) is 10.2 Å². The number of aromatic amines is 1. The van der Waals surface area contributed by atoms with E-state index in [-0.39, 0.29) is 5.82 Å². The zero-order chi connectivity index (χ0) is 16.0. The first-order valence-corrected chi connectivity index (χ1v) is 8.16. The third kappa shape index (κ3) is 2.45. The molecule has 0 amide bonds. The summed E-state index contributed by atoms with van der Waals surface area (Å²) in [5, 5.41) is 11.9. The average molecular weight is 326 g/mol. The Hall–Kier alpha value is -2.47. The molecule has 0 spiro atoms. The van der Waals surface area contributed by atoms with Crippen LogP contribution >= 0.6 is 11.3 Å². The highest BCUT2D eigenvalue weighted by Crippen LogP contribution is 2.37. The van der Waals surface area contributed by atoms with Crippen molar-refractivity contribution < 1.29 is 4.39 Å². The second-order valence-electron chi connectivity index (χ2n) is 5.62. The summed E-state index contributed by atoms with van der Waals surface area (Å²) in [4.78, 5) is 5.64. The van der Waals surface area contributed by atoms with Crippen LogP contribution in [-0.4, -0.2) is 15.2 Å². The van der Waals surface area contributed by atoms with E-state index >= 15 is 0 Å². The van der Waals surface area contributed by atoms with Gasteiger partial charge in [0.2, 0.25) is 0 Å². The molecule has 0 unspecified atom stereocenters. The van der Waals surface area contributed by atoms with Crippen molar-refractivity contribution in [2.45, 2.75) is 20.4 Å². The van der Waals surface area contributed by atoms with Crippen molar-refractivity contribution in [3.8, 4) is 0 Å². The smallest absolute Gasteiger partial charge is 0.166 e. The molecule has 0 aliphatic rings. The fraction of sp³-hybridized carbons (Fsp3) is 0.176. The second kappa shape index (κ2) is 5.31. The standard InChI is InChI=1S/C17H15FN4S/c1-9-7-10(2)20-17-13(9)14-15(23-17)16(22-21-14)19-8-11-3-5-12(18)6-4-11/h3-7H,8H2,1-2H3,(H2,19,21,22). The fourth-order valence-corrected chi connectivity index (χ4v) is 4.00. The van der Waals surface area contributed by atoms with Crippen molar-refractivity contribution in [3.63, 3.8) is 0 Å². The number of hydrogen-bond donors (Lipinski definition) is 2. The normalized spacial score (nSPS) is 11.4. The van der Waals surface area contributed by atoms with Gasteiger partial charge in [0.15, 0.2) is 5.82 Å². The minimum Gasteiger partial charge on any atom is -0.363 e. The Balaban J connectivity index is 1.70. The van der Waals surface area contributed by atoms with E-state index in [9.17, 15) is 4.39 Å². The Morgan fingerprint density at radius 3 is 2.78 bits per heavy atom. The molecule has 4 aromatic rings.